The van der Waals surface area contributed by atoms with Gasteiger partial charge in [-0.1, -0.05) is 11.6 Å². The quantitative estimate of drug-likeness (QED) is 0.431. The number of allylic oxidation sites excluding steroid dienone is 1. The number of likely N-dealkylation sites (tertiary alicyclic amines) is 1. The molecule has 1 aromatic carbocycles. The number of carbonyl (C=O) groups is 4. The van der Waals surface area contributed by atoms with Crippen molar-refractivity contribution in [1.82, 2.24) is 15.1 Å². The first kappa shape index (κ1) is 24.3. The molecule has 168 valence electrons. The number of nitrogens with one attached hydrogen (secondary N) is 2. The van der Waals surface area contributed by atoms with Crippen molar-refractivity contribution >= 4 is 41.2 Å². The summed E-state index contributed by atoms with van der Waals surface area (Å²) in [7, 11) is 1.46. The number of benzene rings is 1. The lowest BCUT2D eigenvalue weighted by Crippen LogP contribution is -2.48. The fraction of sp³-hybridized carbons (Fsp3) is 0.429. The maximum absolute atomic E-state index is 12.8. The molecule has 1 saturated heterocycles. The topological polar surface area (TPSA) is 125 Å². The minimum atomic E-state index is -0.794. The van der Waals surface area contributed by atoms with E-state index in [2.05, 4.69) is 10.6 Å². The molecule has 0 radical (unpaired) electrons. The highest BCUT2D eigenvalue weighted by molar-refractivity contribution is 7.98. The van der Waals surface area contributed by atoms with Gasteiger partial charge in [-0.05, 0) is 44.7 Å². The van der Waals surface area contributed by atoms with Crippen LogP contribution >= 0.6 is 11.8 Å². The molecule has 31 heavy (non-hydrogen) atoms. The third-order valence-corrected chi connectivity index (χ3v) is 5.44. The second-order valence-corrected chi connectivity index (χ2v) is 8.53. The first-order valence-electron chi connectivity index (χ1n) is 9.81. The van der Waals surface area contributed by atoms with E-state index in [1.165, 1.54) is 22.9 Å². The Bertz CT molecular complexity index is 884. The standard InChI is InChI=1S/C21H29N5O4S/c1-13(2)8-19(28)26-11-15(10-17(26)20(29)25(3)12-18(22)27)24-21(30)23-14-6-5-7-16(9-14)31-4/h5-9,15,17H,10-12H2,1-4H3,(H2,22,27)(H2,23,24,30)/t15-,17-/m0/s1. The lowest BCUT2D eigenvalue weighted by Gasteiger charge is -2.26. The number of urea groups is 1. The maximum atomic E-state index is 12.8. The van der Waals surface area contributed by atoms with Gasteiger partial charge in [-0.2, -0.15) is 0 Å². The zero-order valence-electron chi connectivity index (χ0n) is 18.2. The molecule has 10 heteroatoms. The molecule has 1 heterocycles. The van der Waals surface area contributed by atoms with Crippen LogP contribution in [-0.4, -0.2) is 72.0 Å². The molecule has 4 N–H and O–H groups in total. The van der Waals surface area contributed by atoms with Crippen molar-refractivity contribution in [3.8, 4) is 0 Å². The van der Waals surface area contributed by atoms with Crippen molar-refractivity contribution < 1.29 is 19.2 Å². The van der Waals surface area contributed by atoms with Crippen LogP contribution in [0.15, 0.2) is 40.8 Å². The van der Waals surface area contributed by atoms with Crippen LogP contribution in [0.25, 0.3) is 0 Å². The largest absolute Gasteiger partial charge is 0.368 e. The highest BCUT2D eigenvalue weighted by Crippen LogP contribution is 2.22. The molecule has 1 fully saturated rings. The summed E-state index contributed by atoms with van der Waals surface area (Å²) in [5.74, 6) is -1.35. The Morgan fingerprint density at radius 1 is 1.29 bits per heavy atom. The van der Waals surface area contributed by atoms with E-state index in [0.29, 0.717) is 5.69 Å². The van der Waals surface area contributed by atoms with E-state index >= 15 is 0 Å². The van der Waals surface area contributed by atoms with Crippen molar-refractivity contribution in [1.29, 1.82) is 0 Å². The molecule has 2 atom stereocenters. The zero-order chi connectivity index (χ0) is 23.1. The number of hydrogen-bond donors (Lipinski definition) is 3. The molecule has 2 rings (SSSR count). The van der Waals surface area contributed by atoms with Gasteiger partial charge in [0, 0.05) is 30.3 Å². The number of primary amides is 1. The van der Waals surface area contributed by atoms with Gasteiger partial charge in [0.05, 0.1) is 12.6 Å². The molecule has 0 unspecified atom stereocenters. The highest BCUT2D eigenvalue weighted by Gasteiger charge is 2.40. The Labute approximate surface area is 186 Å². The minimum Gasteiger partial charge on any atom is -0.368 e. The van der Waals surface area contributed by atoms with Gasteiger partial charge >= 0.3 is 6.03 Å². The minimum absolute atomic E-state index is 0.182. The fourth-order valence-corrected chi connectivity index (χ4v) is 3.83. The third kappa shape index (κ3) is 7.02. The highest BCUT2D eigenvalue weighted by atomic mass is 32.2. The molecule has 0 saturated carbocycles. The van der Waals surface area contributed by atoms with Gasteiger partial charge < -0.3 is 26.2 Å². The molecular formula is C21H29N5O4S. The van der Waals surface area contributed by atoms with Crippen LogP contribution in [0, 0.1) is 0 Å². The van der Waals surface area contributed by atoms with Gasteiger partial charge in [0.1, 0.15) is 6.04 Å². The first-order chi connectivity index (χ1) is 14.6. The van der Waals surface area contributed by atoms with Crippen LogP contribution in [-0.2, 0) is 14.4 Å². The lowest BCUT2D eigenvalue weighted by molar-refractivity contribution is -0.142. The van der Waals surface area contributed by atoms with Crippen molar-refractivity contribution in [2.75, 3.05) is 31.7 Å². The van der Waals surface area contributed by atoms with E-state index in [9.17, 15) is 19.2 Å². The number of rotatable bonds is 7. The van der Waals surface area contributed by atoms with E-state index in [4.69, 9.17) is 5.73 Å². The molecule has 5 amide bonds. The number of nitrogens with two attached hydrogens (primary N) is 1. The summed E-state index contributed by atoms with van der Waals surface area (Å²) in [6.07, 6.45) is 3.63. The Kier molecular flexibility index (Phi) is 8.49. The van der Waals surface area contributed by atoms with Gasteiger partial charge in [-0.3, -0.25) is 14.4 Å². The Morgan fingerprint density at radius 2 is 2.00 bits per heavy atom. The lowest BCUT2D eigenvalue weighted by atomic mass is 10.1. The van der Waals surface area contributed by atoms with Gasteiger partial charge in [0.15, 0.2) is 0 Å². The summed E-state index contributed by atoms with van der Waals surface area (Å²) >= 11 is 1.57. The van der Waals surface area contributed by atoms with Gasteiger partial charge in [-0.15, -0.1) is 11.8 Å². The average Bonchev–Trinajstić information content (AvgIpc) is 3.10. The average molecular weight is 448 g/mol. The summed E-state index contributed by atoms with van der Waals surface area (Å²) in [6.45, 7) is 3.51. The molecule has 1 aliphatic rings. The molecular weight excluding hydrogens is 418 g/mol. The summed E-state index contributed by atoms with van der Waals surface area (Å²) < 4.78 is 0. The maximum Gasteiger partial charge on any atom is 0.319 e. The van der Waals surface area contributed by atoms with Crippen LogP contribution in [0.4, 0.5) is 10.5 Å². The van der Waals surface area contributed by atoms with Crippen LogP contribution < -0.4 is 16.4 Å². The van der Waals surface area contributed by atoms with E-state index < -0.39 is 29.9 Å². The molecule has 9 nitrogen and oxygen atoms in total. The third-order valence-electron chi connectivity index (χ3n) is 4.71. The van der Waals surface area contributed by atoms with E-state index in [1.54, 1.807) is 31.7 Å². The second kappa shape index (κ2) is 10.9. The van der Waals surface area contributed by atoms with Gasteiger partial charge in [0.2, 0.25) is 17.7 Å². The molecule has 0 aromatic heterocycles. The molecule has 0 spiro atoms. The van der Waals surface area contributed by atoms with E-state index in [0.717, 1.165) is 10.5 Å². The van der Waals surface area contributed by atoms with E-state index in [-0.39, 0.29) is 25.4 Å². The number of hydrogen-bond acceptors (Lipinski definition) is 5. The summed E-state index contributed by atoms with van der Waals surface area (Å²) in [5.41, 5.74) is 6.63. The smallest absolute Gasteiger partial charge is 0.319 e. The van der Waals surface area contributed by atoms with Crippen LogP contribution in [0.5, 0.6) is 0 Å². The first-order valence-corrected chi connectivity index (χ1v) is 11.0. The molecule has 0 aliphatic carbocycles. The van der Waals surface area contributed by atoms with E-state index in [1.807, 2.05) is 24.5 Å². The normalized spacial score (nSPS) is 17.6. The van der Waals surface area contributed by atoms with Crippen LogP contribution in [0.1, 0.15) is 20.3 Å². The molecule has 1 aliphatic heterocycles. The number of anilines is 1. The molecule has 0 bridgehead atoms. The second-order valence-electron chi connectivity index (χ2n) is 7.65. The van der Waals surface area contributed by atoms with Crippen LogP contribution in [0.3, 0.4) is 0 Å². The number of likely N-dealkylation sites (N-methyl/N-ethyl adjacent to an activating group) is 1. The Balaban J connectivity index is 2.11. The van der Waals surface area contributed by atoms with Gasteiger partial charge in [0.25, 0.3) is 0 Å². The number of amides is 5. The van der Waals surface area contributed by atoms with Crippen molar-refractivity contribution in [2.45, 2.75) is 37.2 Å². The van der Waals surface area contributed by atoms with Crippen LogP contribution in [0.2, 0.25) is 0 Å². The Hall–Kier alpha value is -3.01. The summed E-state index contributed by atoms with van der Waals surface area (Å²) in [6, 6.07) is 5.79. The number of carbonyl (C=O) groups excluding carboxylic acids is 4. The van der Waals surface area contributed by atoms with Crippen molar-refractivity contribution in [3.63, 3.8) is 0 Å². The Morgan fingerprint density at radius 3 is 2.61 bits per heavy atom. The van der Waals surface area contributed by atoms with Crippen molar-refractivity contribution in [3.05, 3.63) is 35.9 Å². The predicted molar refractivity (Wildman–Crippen MR) is 121 cm³/mol. The number of thioether (sulfide) groups is 1. The summed E-state index contributed by atoms with van der Waals surface area (Å²) in [4.78, 5) is 52.8. The SMILES string of the molecule is CSc1cccc(NC(=O)N[C@H]2C[C@@H](C(=O)N(C)CC(N)=O)N(C(=O)C=C(C)C)C2)c1. The van der Waals surface area contributed by atoms with Gasteiger partial charge in [-0.25, -0.2) is 4.79 Å². The number of nitrogens with zero attached hydrogens (tertiary/aromatic N) is 2. The fourth-order valence-electron chi connectivity index (χ4n) is 3.37. The summed E-state index contributed by atoms with van der Waals surface area (Å²) in [5, 5.41) is 5.61. The zero-order valence-corrected chi connectivity index (χ0v) is 19.0. The predicted octanol–water partition coefficient (Wildman–Crippen LogP) is 1.41. The monoisotopic (exact) mass is 447 g/mol. The molecule has 1 aromatic rings. The van der Waals surface area contributed by atoms with Crippen molar-refractivity contribution in [2.24, 2.45) is 5.73 Å².